The molecule has 2 fully saturated rings. The molecule has 1 saturated heterocycles. The Balaban J connectivity index is 1.52. The summed E-state index contributed by atoms with van der Waals surface area (Å²) in [5.41, 5.74) is -1.67. The summed E-state index contributed by atoms with van der Waals surface area (Å²) < 4.78 is 125. The molecule has 2 heterocycles. The van der Waals surface area contributed by atoms with Crippen molar-refractivity contribution in [2.45, 2.75) is 93.8 Å². The second-order valence-electron chi connectivity index (χ2n) is 10.5. The highest BCUT2D eigenvalue weighted by Gasteiger charge is 2.49. The minimum Gasteiger partial charge on any atom is -0.350 e. The first-order chi connectivity index (χ1) is 18.5. The normalized spacial score (nSPS) is 26.7. The van der Waals surface area contributed by atoms with Gasteiger partial charge in [0.05, 0.1) is 17.0 Å². The fourth-order valence-corrected chi connectivity index (χ4v) is 7.24. The van der Waals surface area contributed by atoms with Crippen molar-refractivity contribution in [2.75, 3.05) is 0 Å². The second-order valence-corrected chi connectivity index (χ2v) is 12.3. The summed E-state index contributed by atoms with van der Waals surface area (Å²) in [6.07, 6.45) is -5.41. The lowest BCUT2D eigenvalue weighted by molar-refractivity contribution is -0.142. The van der Waals surface area contributed by atoms with Crippen molar-refractivity contribution >= 4 is 15.9 Å². The second kappa shape index (κ2) is 11.0. The zero-order chi connectivity index (χ0) is 29.6. The number of hydrogen-bond acceptors (Lipinski definition) is 4. The van der Waals surface area contributed by atoms with Crippen LogP contribution < -0.4 is 5.32 Å². The van der Waals surface area contributed by atoms with E-state index in [2.05, 4.69) is 10.4 Å². The van der Waals surface area contributed by atoms with E-state index in [1.807, 2.05) is 0 Å². The van der Waals surface area contributed by atoms with Crippen molar-refractivity contribution in [3.05, 3.63) is 47.5 Å². The lowest BCUT2D eigenvalue weighted by Crippen LogP contribution is -2.48. The van der Waals surface area contributed by atoms with Gasteiger partial charge >= 0.3 is 6.18 Å². The predicted octanol–water partition coefficient (Wildman–Crippen LogP) is 5.23. The summed E-state index contributed by atoms with van der Waals surface area (Å²) in [6.45, 7) is 1.40. The molecule has 15 heteroatoms. The van der Waals surface area contributed by atoms with Crippen molar-refractivity contribution in [1.82, 2.24) is 19.4 Å². The number of benzene rings is 1. The molecule has 1 saturated carbocycles. The average molecular weight is 599 g/mol. The SMILES string of the molecule is C[C@H]1[C@H](F)C[C@@H](C(=O)NCc2cn([C@H]3CC[C@H](C(C)(F)F)CC3)nc2C(F)(F)F)N1S(=O)(=O)c1ccc(F)cc1. The van der Waals surface area contributed by atoms with Crippen molar-refractivity contribution < 1.29 is 43.9 Å². The first-order valence-electron chi connectivity index (χ1n) is 12.7. The molecule has 7 nitrogen and oxygen atoms in total. The van der Waals surface area contributed by atoms with Crippen LogP contribution in [-0.2, 0) is 27.5 Å². The topological polar surface area (TPSA) is 84.3 Å². The minimum absolute atomic E-state index is 0.115. The molecule has 1 amide bonds. The number of carbonyl (C=O) groups excluding carboxylic acids is 1. The van der Waals surface area contributed by atoms with E-state index in [1.54, 1.807) is 0 Å². The van der Waals surface area contributed by atoms with Crippen LogP contribution in [0.4, 0.5) is 30.7 Å². The first-order valence-corrected chi connectivity index (χ1v) is 14.2. The first kappa shape index (κ1) is 30.3. The van der Waals surface area contributed by atoms with Gasteiger partial charge in [-0.25, -0.2) is 26.0 Å². The van der Waals surface area contributed by atoms with E-state index in [4.69, 9.17) is 0 Å². The Morgan fingerprint density at radius 1 is 1.07 bits per heavy atom. The number of halogens is 7. The molecule has 0 unspecified atom stereocenters. The van der Waals surface area contributed by atoms with Crippen LogP contribution in [0.2, 0.25) is 0 Å². The summed E-state index contributed by atoms with van der Waals surface area (Å²) in [4.78, 5) is 12.7. The molecule has 0 spiro atoms. The van der Waals surface area contributed by atoms with Crippen LogP contribution >= 0.6 is 0 Å². The molecule has 1 aliphatic heterocycles. The van der Waals surface area contributed by atoms with E-state index < -0.39 is 88.3 Å². The fourth-order valence-electron chi connectivity index (χ4n) is 5.43. The smallest absolute Gasteiger partial charge is 0.350 e. The summed E-state index contributed by atoms with van der Waals surface area (Å²) in [7, 11) is -4.46. The van der Waals surface area contributed by atoms with Crippen molar-refractivity contribution in [1.29, 1.82) is 0 Å². The molecular formula is C25H29F7N4O3S. The standard InChI is InChI=1S/C25H29F7N4O3S/c1-14-20(27)11-21(36(14)40(38,39)19-9-5-17(26)6-10-19)23(37)33-12-15-13-35(34-22(15)25(30,31)32)18-7-3-16(4-8-18)24(2,28)29/h5-6,9-10,13-14,16,18,20-21H,3-4,7-8,11-12H2,1-2H3,(H,33,37)/t14-,16-,18-,20+,21-/m0/s1. The van der Waals surface area contributed by atoms with E-state index in [0.29, 0.717) is 4.31 Å². The van der Waals surface area contributed by atoms with Crippen LogP contribution in [0, 0.1) is 11.7 Å². The minimum atomic E-state index is -4.89. The predicted molar refractivity (Wildman–Crippen MR) is 129 cm³/mol. The van der Waals surface area contributed by atoms with Crippen molar-refractivity contribution in [3.8, 4) is 0 Å². The molecule has 222 valence electrons. The van der Waals surface area contributed by atoms with E-state index in [-0.39, 0.29) is 30.6 Å². The molecule has 1 N–H and O–H groups in total. The number of rotatable bonds is 7. The van der Waals surface area contributed by atoms with Crippen LogP contribution in [0.3, 0.4) is 0 Å². The van der Waals surface area contributed by atoms with Gasteiger partial charge in [-0.1, -0.05) is 0 Å². The number of hydrogen-bond donors (Lipinski definition) is 1. The van der Waals surface area contributed by atoms with Crippen LogP contribution in [0.25, 0.3) is 0 Å². The molecule has 2 aliphatic rings. The maximum atomic E-state index is 14.6. The highest BCUT2D eigenvalue weighted by Crippen LogP contribution is 2.41. The fraction of sp³-hybridized carbons (Fsp3) is 0.600. The van der Waals surface area contributed by atoms with Crippen molar-refractivity contribution in [2.24, 2.45) is 5.92 Å². The van der Waals surface area contributed by atoms with E-state index in [9.17, 15) is 43.9 Å². The molecule has 2 aromatic rings. The Morgan fingerprint density at radius 2 is 1.68 bits per heavy atom. The third-order valence-electron chi connectivity index (χ3n) is 7.69. The molecule has 0 radical (unpaired) electrons. The Bertz CT molecular complexity index is 1320. The maximum absolute atomic E-state index is 14.6. The Kier molecular flexibility index (Phi) is 8.29. The zero-order valence-electron chi connectivity index (χ0n) is 21.6. The number of nitrogens with zero attached hydrogens (tertiary/aromatic N) is 3. The number of aromatic nitrogens is 2. The molecule has 1 aromatic carbocycles. The van der Waals surface area contributed by atoms with E-state index in [0.717, 1.165) is 42.1 Å². The van der Waals surface area contributed by atoms with Crippen molar-refractivity contribution in [3.63, 3.8) is 0 Å². The molecule has 40 heavy (non-hydrogen) atoms. The van der Waals surface area contributed by atoms with Gasteiger partial charge in [0, 0.05) is 30.6 Å². The van der Waals surface area contributed by atoms with Gasteiger partial charge in [-0.15, -0.1) is 0 Å². The highest BCUT2D eigenvalue weighted by molar-refractivity contribution is 7.89. The van der Waals surface area contributed by atoms with Gasteiger partial charge in [-0.3, -0.25) is 9.48 Å². The third-order valence-corrected chi connectivity index (χ3v) is 9.70. The molecule has 3 atom stereocenters. The average Bonchev–Trinajstić information content (AvgIpc) is 3.44. The molecular weight excluding hydrogens is 569 g/mol. The van der Waals surface area contributed by atoms with Crippen LogP contribution in [0.15, 0.2) is 35.4 Å². The maximum Gasteiger partial charge on any atom is 0.435 e. The van der Waals surface area contributed by atoms with Gasteiger partial charge in [0.25, 0.3) is 0 Å². The molecule has 1 aliphatic carbocycles. The number of sulfonamides is 1. The summed E-state index contributed by atoms with van der Waals surface area (Å²) >= 11 is 0. The van der Waals surface area contributed by atoms with Crippen LogP contribution in [0.5, 0.6) is 0 Å². The van der Waals surface area contributed by atoms with Crippen LogP contribution in [0.1, 0.15) is 63.3 Å². The van der Waals surface area contributed by atoms with E-state index in [1.165, 1.54) is 6.92 Å². The van der Waals surface area contributed by atoms with Gasteiger partial charge in [-0.05, 0) is 63.8 Å². The monoisotopic (exact) mass is 598 g/mol. The highest BCUT2D eigenvalue weighted by atomic mass is 32.2. The van der Waals surface area contributed by atoms with Crippen LogP contribution in [-0.4, -0.2) is 52.6 Å². The van der Waals surface area contributed by atoms with Gasteiger partial charge in [0.2, 0.25) is 21.9 Å². The summed E-state index contributed by atoms with van der Waals surface area (Å²) in [5.74, 6) is -5.48. The number of alkyl halides is 6. The largest absolute Gasteiger partial charge is 0.435 e. The van der Waals surface area contributed by atoms with Gasteiger partial charge in [0.1, 0.15) is 18.0 Å². The summed E-state index contributed by atoms with van der Waals surface area (Å²) in [6, 6.07) is 0.371. The molecule has 4 rings (SSSR count). The summed E-state index contributed by atoms with van der Waals surface area (Å²) in [5, 5.41) is 5.92. The van der Waals surface area contributed by atoms with E-state index >= 15 is 0 Å². The lowest BCUT2D eigenvalue weighted by atomic mass is 9.83. The Labute approximate surface area is 226 Å². The number of nitrogens with one attached hydrogen (secondary N) is 1. The quantitative estimate of drug-likeness (QED) is 0.443. The van der Waals surface area contributed by atoms with Gasteiger partial charge in [-0.2, -0.15) is 22.6 Å². The van der Waals surface area contributed by atoms with Gasteiger partial charge < -0.3 is 5.32 Å². The third kappa shape index (κ3) is 6.14. The molecule has 1 aromatic heterocycles. The number of amides is 1. The number of carbonyl (C=O) groups is 1. The Morgan fingerprint density at radius 3 is 2.23 bits per heavy atom. The Hall–Kier alpha value is -2.68. The lowest BCUT2D eigenvalue weighted by Gasteiger charge is -2.32. The van der Waals surface area contributed by atoms with Gasteiger partial charge in [0.15, 0.2) is 5.69 Å². The molecule has 0 bridgehead atoms. The zero-order valence-corrected chi connectivity index (χ0v) is 22.5.